The summed E-state index contributed by atoms with van der Waals surface area (Å²) in [5.41, 5.74) is 1.82. The fraction of sp³-hybridized carbons (Fsp3) is 0.526. The highest BCUT2D eigenvalue weighted by Gasteiger charge is 2.34. The molecule has 1 saturated heterocycles. The largest absolute Gasteiger partial charge is 0.302 e. The van der Waals surface area contributed by atoms with Crippen LogP contribution in [0.4, 0.5) is 0 Å². The summed E-state index contributed by atoms with van der Waals surface area (Å²) in [6, 6.07) is 11.0. The second-order valence-corrected chi connectivity index (χ2v) is 7.93. The summed E-state index contributed by atoms with van der Waals surface area (Å²) in [5.74, 6) is 1.90. The number of nitriles is 1. The lowest BCUT2D eigenvalue weighted by Crippen LogP contribution is -2.31. The van der Waals surface area contributed by atoms with E-state index < -0.39 is 0 Å². The van der Waals surface area contributed by atoms with Gasteiger partial charge in [0.05, 0.1) is 17.7 Å². The van der Waals surface area contributed by atoms with E-state index >= 15 is 0 Å². The van der Waals surface area contributed by atoms with Gasteiger partial charge in [-0.3, -0.25) is 4.90 Å². The molecule has 1 aromatic carbocycles. The van der Waals surface area contributed by atoms with Crippen LogP contribution in [0.5, 0.6) is 0 Å². The van der Waals surface area contributed by atoms with Crippen LogP contribution in [0.2, 0.25) is 0 Å². The topological polar surface area (TPSA) is 57.7 Å². The Morgan fingerprint density at radius 1 is 1.20 bits per heavy atom. The van der Waals surface area contributed by atoms with Crippen molar-refractivity contribution in [2.75, 3.05) is 13.6 Å². The van der Waals surface area contributed by atoms with Crippen molar-refractivity contribution in [1.82, 2.24) is 19.7 Å². The second-order valence-electron chi connectivity index (χ2n) is 6.99. The van der Waals surface area contributed by atoms with Gasteiger partial charge in [-0.2, -0.15) is 5.26 Å². The molecule has 1 aliphatic carbocycles. The Bertz CT molecular complexity index is 789. The SMILES string of the molecule is CN1CCCCC1c1nnc(SCc2ccccc2C#N)n1C1CC1. The Morgan fingerprint density at radius 3 is 2.80 bits per heavy atom. The lowest BCUT2D eigenvalue weighted by molar-refractivity contribution is 0.174. The van der Waals surface area contributed by atoms with Gasteiger partial charge in [-0.05, 0) is 50.9 Å². The number of hydrogen-bond donors (Lipinski definition) is 0. The summed E-state index contributed by atoms with van der Waals surface area (Å²) in [5, 5.41) is 19.4. The number of likely N-dealkylation sites (tertiary alicyclic amines) is 1. The first-order valence-corrected chi connectivity index (χ1v) is 10.0. The van der Waals surface area contributed by atoms with Crippen LogP contribution in [0.25, 0.3) is 0 Å². The van der Waals surface area contributed by atoms with Crippen molar-refractivity contribution in [3.05, 3.63) is 41.2 Å². The van der Waals surface area contributed by atoms with Gasteiger partial charge < -0.3 is 4.57 Å². The molecule has 1 unspecified atom stereocenters. The maximum absolute atomic E-state index is 9.27. The average molecular weight is 353 g/mol. The van der Waals surface area contributed by atoms with E-state index in [2.05, 4.69) is 32.8 Å². The van der Waals surface area contributed by atoms with Gasteiger partial charge in [-0.15, -0.1) is 10.2 Å². The van der Waals surface area contributed by atoms with Crippen LogP contribution in [0.15, 0.2) is 29.4 Å². The van der Waals surface area contributed by atoms with E-state index in [9.17, 15) is 5.26 Å². The highest BCUT2D eigenvalue weighted by atomic mass is 32.2. The summed E-state index contributed by atoms with van der Waals surface area (Å²) in [6.07, 6.45) is 6.17. The van der Waals surface area contributed by atoms with Crippen molar-refractivity contribution >= 4 is 11.8 Å². The maximum Gasteiger partial charge on any atom is 0.191 e. The third kappa shape index (κ3) is 3.44. The van der Waals surface area contributed by atoms with Gasteiger partial charge in [-0.1, -0.05) is 36.4 Å². The maximum atomic E-state index is 9.27. The Kier molecular flexibility index (Phi) is 4.78. The highest BCUT2D eigenvalue weighted by molar-refractivity contribution is 7.98. The molecule has 0 N–H and O–H groups in total. The van der Waals surface area contributed by atoms with Gasteiger partial charge in [0.25, 0.3) is 0 Å². The number of piperidine rings is 1. The predicted molar refractivity (Wildman–Crippen MR) is 98.2 cm³/mol. The van der Waals surface area contributed by atoms with Gasteiger partial charge in [0.2, 0.25) is 0 Å². The molecule has 6 heteroatoms. The normalized spacial score (nSPS) is 21.2. The Hall–Kier alpha value is -1.84. The molecule has 25 heavy (non-hydrogen) atoms. The van der Waals surface area contributed by atoms with Crippen LogP contribution in [0.1, 0.15) is 61.1 Å². The minimum atomic E-state index is 0.391. The summed E-state index contributed by atoms with van der Waals surface area (Å²) in [7, 11) is 2.20. The number of thioether (sulfide) groups is 1. The van der Waals surface area contributed by atoms with Gasteiger partial charge in [0, 0.05) is 11.8 Å². The van der Waals surface area contributed by atoms with Crippen molar-refractivity contribution in [3.63, 3.8) is 0 Å². The first kappa shape index (κ1) is 16.6. The molecule has 1 aliphatic heterocycles. The Morgan fingerprint density at radius 2 is 2.04 bits per heavy atom. The van der Waals surface area contributed by atoms with E-state index in [1.54, 1.807) is 11.8 Å². The molecule has 2 heterocycles. The van der Waals surface area contributed by atoms with Crippen molar-refractivity contribution in [2.45, 2.75) is 55.1 Å². The molecule has 2 aromatic rings. The smallest absolute Gasteiger partial charge is 0.191 e. The van der Waals surface area contributed by atoms with E-state index in [4.69, 9.17) is 0 Å². The quantitative estimate of drug-likeness (QED) is 0.762. The van der Waals surface area contributed by atoms with E-state index in [1.165, 1.54) is 32.1 Å². The van der Waals surface area contributed by atoms with E-state index in [1.807, 2.05) is 24.3 Å². The van der Waals surface area contributed by atoms with Crippen LogP contribution in [-0.2, 0) is 5.75 Å². The van der Waals surface area contributed by atoms with Gasteiger partial charge in [0.1, 0.15) is 0 Å². The monoisotopic (exact) mass is 353 g/mol. The number of benzene rings is 1. The molecule has 0 amide bonds. The van der Waals surface area contributed by atoms with Crippen LogP contribution >= 0.6 is 11.8 Å². The van der Waals surface area contributed by atoms with Crippen LogP contribution in [-0.4, -0.2) is 33.3 Å². The van der Waals surface area contributed by atoms with Crippen LogP contribution in [0, 0.1) is 11.3 Å². The average Bonchev–Trinajstić information content (AvgIpc) is 3.40. The molecular weight excluding hydrogens is 330 g/mol. The summed E-state index contributed by atoms with van der Waals surface area (Å²) in [4.78, 5) is 2.42. The first-order chi connectivity index (χ1) is 12.3. The van der Waals surface area contributed by atoms with Gasteiger partial charge in [0.15, 0.2) is 11.0 Å². The van der Waals surface area contributed by atoms with Crippen LogP contribution in [0.3, 0.4) is 0 Å². The Balaban J connectivity index is 1.57. The molecule has 0 radical (unpaired) electrons. The zero-order valence-corrected chi connectivity index (χ0v) is 15.4. The lowest BCUT2D eigenvalue weighted by atomic mass is 10.0. The minimum absolute atomic E-state index is 0.391. The van der Waals surface area contributed by atoms with Crippen molar-refractivity contribution in [2.24, 2.45) is 0 Å². The zero-order valence-electron chi connectivity index (χ0n) is 14.6. The molecule has 130 valence electrons. The molecule has 0 bridgehead atoms. The minimum Gasteiger partial charge on any atom is -0.302 e. The predicted octanol–water partition coefficient (Wildman–Crippen LogP) is 3.93. The lowest BCUT2D eigenvalue weighted by Gasteiger charge is -2.31. The summed E-state index contributed by atoms with van der Waals surface area (Å²) < 4.78 is 2.38. The van der Waals surface area contributed by atoms with Crippen molar-refractivity contribution < 1.29 is 0 Å². The fourth-order valence-electron chi connectivity index (χ4n) is 3.59. The molecule has 5 nitrogen and oxygen atoms in total. The molecule has 1 saturated carbocycles. The van der Waals surface area contributed by atoms with E-state index in [0.29, 0.717) is 12.1 Å². The number of aromatic nitrogens is 3. The standard InChI is InChI=1S/C19H23N5S/c1-23-11-5-4-8-17(23)18-21-22-19(24(18)16-9-10-16)25-13-15-7-3-2-6-14(15)12-20/h2-3,6-7,16-17H,4-5,8-11,13H2,1H3. The number of nitrogens with zero attached hydrogens (tertiary/aromatic N) is 5. The zero-order chi connectivity index (χ0) is 17.2. The summed E-state index contributed by atoms with van der Waals surface area (Å²) in [6.45, 7) is 1.14. The molecule has 1 atom stereocenters. The second kappa shape index (κ2) is 7.19. The molecule has 2 aliphatic rings. The van der Waals surface area contributed by atoms with Gasteiger partial charge in [-0.25, -0.2) is 0 Å². The van der Waals surface area contributed by atoms with Crippen molar-refractivity contribution in [1.29, 1.82) is 5.26 Å². The molecule has 2 fully saturated rings. The molecule has 4 rings (SSSR count). The number of rotatable bonds is 5. The molecular formula is C19H23N5S. The van der Waals surface area contributed by atoms with Crippen LogP contribution < -0.4 is 0 Å². The van der Waals surface area contributed by atoms with Gasteiger partial charge >= 0.3 is 0 Å². The number of hydrogen-bond acceptors (Lipinski definition) is 5. The molecule has 0 spiro atoms. The molecule has 1 aromatic heterocycles. The van der Waals surface area contributed by atoms with Crippen molar-refractivity contribution in [3.8, 4) is 6.07 Å². The summed E-state index contributed by atoms with van der Waals surface area (Å²) >= 11 is 1.70. The highest BCUT2D eigenvalue weighted by Crippen LogP contribution is 2.42. The van der Waals surface area contributed by atoms with E-state index in [-0.39, 0.29) is 0 Å². The Labute approximate surface area is 153 Å². The van der Waals surface area contributed by atoms with E-state index in [0.717, 1.165) is 34.4 Å². The third-order valence-electron chi connectivity index (χ3n) is 5.17. The first-order valence-electron chi connectivity index (χ1n) is 9.03. The third-order valence-corrected chi connectivity index (χ3v) is 6.16. The fourth-order valence-corrected chi connectivity index (χ4v) is 4.61.